The van der Waals surface area contributed by atoms with Crippen LogP contribution in [0.5, 0.6) is 0 Å². The summed E-state index contributed by atoms with van der Waals surface area (Å²) in [6.45, 7) is 0. The fourth-order valence-corrected chi connectivity index (χ4v) is 1.42. The molecule has 8 heteroatoms. The predicted molar refractivity (Wildman–Crippen MR) is 73.6 cm³/mol. The molecular weight excluding hydrogens is 274 g/mol. The Morgan fingerprint density at radius 3 is 2.48 bits per heavy atom. The normalized spacial score (nSPS) is 11.0. The zero-order chi connectivity index (χ0) is 15.2. The summed E-state index contributed by atoms with van der Waals surface area (Å²) in [6.07, 6.45) is 1.54. The number of rotatable bonds is 4. The van der Waals surface area contributed by atoms with Crippen LogP contribution in [0.15, 0.2) is 47.7 Å². The van der Waals surface area contributed by atoms with Gasteiger partial charge in [0, 0.05) is 6.20 Å². The van der Waals surface area contributed by atoms with Crippen molar-refractivity contribution in [2.24, 2.45) is 10.8 Å². The smallest absolute Gasteiger partial charge is 0.354 e. The van der Waals surface area contributed by atoms with Gasteiger partial charge in [-0.3, -0.25) is 9.78 Å². The molecule has 4 N–H and O–H groups in total. The SMILES string of the molecule is N/C(=N\NC(=O)c1cccc(C(=O)O)n1)c1ccccn1. The highest BCUT2D eigenvalue weighted by Gasteiger charge is 2.11. The lowest BCUT2D eigenvalue weighted by Gasteiger charge is -2.02. The second kappa shape index (κ2) is 6.24. The number of hydrazone groups is 1. The Hall–Kier alpha value is -3.29. The minimum absolute atomic E-state index is 0.0262. The van der Waals surface area contributed by atoms with Gasteiger partial charge in [-0.15, -0.1) is 0 Å². The molecular formula is C13H11N5O3. The summed E-state index contributed by atoms with van der Waals surface area (Å²) in [5.41, 5.74) is 7.95. The van der Waals surface area contributed by atoms with Crippen molar-refractivity contribution < 1.29 is 14.7 Å². The van der Waals surface area contributed by atoms with E-state index >= 15 is 0 Å². The van der Waals surface area contributed by atoms with Crippen LogP contribution in [-0.4, -0.2) is 32.8 Å². The largest absolute Gasteiger partial charge is 0.477 e. The maximum atomic E-state index is 11.8. The molecule has 2 heterocycles. The van der Waals surface area contributed by atoms with Crippen LogP contribution in [0.25, 0.3) is 0 Å². The van der Waals surface area contributed by atoms with Crippen LogP contribution in [0.3, 0.4) is 0 Å². The Balaban J connectivity index is 2.12. The first-order chi connectivity index (χ1) is 10.1. The minimum Gasteiger partial charge on any atom is -0.477 e. The van der Waals surface area contributed by atoms with Gasteiger partial charge in [0.25, 0.3) is 5.91 Å². The van der Waals surface area contributed by atoms with E-state index in [9.17, 15) is 9.59 Å². The van der Waals surface area contributed by atoms with Crippen LogP contribution in [-0.2, 0) is 0 Å². The van der Waals surface area contributed by atoms with Crippen molar-refractivity contribution in [3.8, 4) is 0 Å². The molecule has 8 nitrogen and oxygen atoms in total. The maximum absolute atomic E-state index is 11.8. The van der Waals surface area contributed by atoms with Gasteiger partial charge in [-0.1, -0.05) is 12.1 Å². The van der Waals surface area contributed by atoms with Gasteiger partial charge in [-0.05, 0) is 24.3 Å². The summed E-state index contributed by atoms with van der Waals surface area (Å²) in [5.74, 6) is -1.86. The molecule has 0 saturated heterocycles. The average molecular weight is 285 g/mol. The number of carbonyl (C=O) groups excluding carboxylic acids is 1. The van der Waals surface area contributed by atoms with Crippen molar-refractivity contribution in [2.45, 2.75) is 0 Å². The van der Waals surface area contributed by atoms with Crippen LogP contribution < -0.4 is 11.2 Å². The summed E-state index contributed by atoms with van der Waals surface area (Å²) in [4.78, 5) is 30.2. The monoisotopic (exact) mass is 285 g/mol. The van der Waals surface area contributed by atoms with Gasteiger partial charge in [0.1, 0.15) is 17.1 Å². The molecule has 2 aromatic rings. The number of hydrogen-bond donors (Lipinski definition) is 3. The number of amides is 1. The summed E-state index contributed by atoms with van der Waals surface area (Å²) in [7, 11) is 0. The van der Waals surface area contributed by atoms with Gasteiger partial charge in [0.15, 0.2) is 5.84 Å². The number of amidine groups is 1. The predicted octanol–water partition coefficient (Wildman–Crippen LogP) is 0.225. The molecule has 21 heavy (non-hydrogen) atoms. The fourth-order valence-electron chi connectivity index (χ4n) is 1.42. The quantitative estimate of drug-likeness (QED) is 0.418. The molecule has 0 atom stereocenters. The summed E-state index contributed by atoms with van der Waals surface area (Å²) in [5, 5.41) is 12.5. The van der Waals surface area contributed by atoms with Gasteiger partial charge in [0.05, 0.1) is 0 Å². The molecule has 0 fully saturated rings. The highest BCUT2D eigenvalue weighted by Crippen LogP contribution is 2.00. The Morgan fingerprint density at radius 1 is 1.10 bits per heavy atom. The third kappa shape index (κ3) is 3.60. The first kappa shape index (κ1) is 14.1. The van der Waals surface area contributed by atoms with E-state index in [-0.39, 0.29) is 17.2 Å². The van der Waals surface area contributed by atoms with E-state index in [2.05, 4.69) is 20.5 Å². The fraction of sp³-hybridized carbons (Fsp3) is 0. The van der Waals surface area contributed by atoms with E-state index in [4.69, 9.17) is 10.8 Å². The first-order valence-electron chi connectivity index (χ1n) is 5.83. The van der Waals surface area contributed by atoms with E-state index < -0.39 is 11.9 Å². The van der Waals surface area contributed by atoms with Crippen molar-refractivity contribution in [2.75, 3.05) is 0 Å². The molecule has 0 unspecified atom stereocenters. The number of hydrogen-bond acceptors (Lipinski definition) is 5. The highest BCUT2D eigenvalue weighted by atomic mass is 16.4. The standard InChI is InChI=1S/C13H11N5O3/c14-11(8-4-1-2-7-15-8)17-18-12(19)9-5-3-6-10(16-9)13(20)21/h1-7H,(H2,14,17)(H,18,19)(H,20,21). The second-order valence-electron chi connectivity index (χ2n) is 3.87. The Bertz CT molecular complexity index is 700. The third-order valence-corrected chi connectivity index (χ3v) is 2.41. The van der Waals surface area contributed by atoms with Crippen LogP contribution in [0.4, 0.5) is 0 Å². The average Bonchev–Trinajstić information content (AvgIpc) is 2.53. The van der Waals surface area contributed by atoms with Crippen molar-refractivity contribution in [1.82, 2.24) is 15.4 Å². The van der Waals surface area contributed by atoms with Gasteiger partial charge >= 0.3 is 5.97 Å². The lowest BCUT2D eigenvalue weighted by molar-refractivity contribution is 0.0690. The lowest BCUT2D eigenvalue weighted by atomic mass is 10.3. The number of aromatic nitrogens is 2. The highest BCUT2D eigenvalue weighted by molar-refractivity contribution is 5.98. The number of carboxylic acids is 1. The molecule has 0 aromatic carbocycles. The Kier molecular flexibility index (Phi) is 4.20. The molecule has 2 aromatic heterocycles. The molecule has 2 rings (SSSR count). The summed E-state index contributed by atoms with van der Waals surface area (Å²) < 4.78 is 0. The Morgan fingerprint density at radius 2 is 1.81 bits per heavy atom. The number of nitrogens with zero attached hydrogens (tertiary/aromatic N) is 3. The molecule has 0 spiro atoms. The number of nitrogens with two attached hydrogens (primary N) is 1. The van der Waals surface area contributed by atoms with Crippen LogP contribution in [0, 0.1) is 0 Å². The van der Waals surface area contributed by atoms with Crippen LogP contribution in [0.1, 0.15) is 26.7 Å². The molecule has 1 amide bonds. The van der Waals surface area contributed by atoms with Crippen LogP contribution in [0.2, 0.25) is 0 Å². The summed E-state index contributed by atoms with van der Waals surface area (Å²) in [6, 6.07) is 9.14. The van der Waals surface area contributed by atoms with Crippen molar-refractivity contribution >= 4 is 17.7 Å². The van der Waals surface area contributed by atoms with E-state index in [1.165, 1.54) is 24.4 Å². The number of pyridine rings is 2. The van der Waals surface area contributed by atoms with E-state index in [0.717, 1.165) is 0 Å². The summed E-state index contributed by atoms with van der Waals surface area (Å²) >= 11 is 0. The van der Waals surface area contributed by atoms with E-state index in [0.29, 0.717) is 5.69 Å². The molecule has 0 bridgehead atoms. The lowest BCUT2D eigenvalue weighted by Crippen LogP contribution is -2.25. The van der Waals surface area contributed by atoms with Gasteiger partial charge in [0.2, 0.25) is 0 Å². The zero-order valence-electron chi connectivity index (χ0n) is 10.7. The molecule has 0 aliphatic rings. The van der Waals surface area contributed by atoms with E-state index in [1.807, 2.05) is 0 Å². The van der Waals surface area contributed by atoms with Crippen LogP contribution >= 0.6 is 0 Å². The molecule has 106 valence electrons. The van der Waals surface area contributed by atoms with Crippen molar-refractivity contribution in [3.05, 3.63) is 59.7 Å². The topological polar surface area (TPSA) is 131 Å². The molecule has 0 aliphatic heterocycles. The zero-order valence-corrected chi connectivity index (χ0v) is 10.7. The Labute approximate surface area is 119 Å². The van der Waals surface area contributed by atoms with Crippen molar-refractivity contribution in [1.29, 1.82) is 0 Å². The molecule has 0 saturated carbocycles. The minimum atomic E-state index is -1.22. The number of nitrogens with one attached hydrogen (secondary N) is 1. The molecule has 0 radical (unpaired) electrons. The number of carboxylic acid groups (broad SMARTS) is 1. The third-order valence-electron chi connectivity index (χ3n) is 2.41. The van der Waals surface area contributed by atoms with Crippen molar-refractivity contribution in [3.63, 3.8) is 0 Å². The van der Waals surface area contributed by atoms with Gasteiger partial charge in [-0.25, -0.2) is 15.2 Å². The molecule has 0 aliphatic carbocycles. The first-order valence-corrected chi connectivity index (χ1v) is 5.83. The number of aromatic carboxylic acids is 1. The number of carbonyl (C=O) groups is 2. The van der Waals surface area contributed by atoms with Gasteiger partial charge in [-0.2, -0.15) is 5.10 Å². The maximum Gasteiger partial charge on any atom is 0.354 e. The van der Waals surface area contributed by atoms with Gasteiger partial charge < -0.3 is 10.8 Å². The van der Waals surface area contributed by atoms with E-state index in [1.54, 1.807) is 18.2 Å². The second-order valence-corrected chi connectivity index (χ2v) is 3.87.